The molecule has 1 heterocycles. The van der Waals surface area contributed by atoms with Gasteiger partial charge in [-0.25, -0.2) is 9.78 Å². The Labute approximate surface area is 101 Å². The van der Waals surface area contributed by atoms with Crippen LogP contribution >= 0.6 is 22.6 Å². The number of rotatable bonds is 1. The van der Waals surface area contributed by atoms with Crippen LogP contribution in [-0.2, 0) is 4.74 Å². The van der Waals surface area contributed by atoms with E-state index in [4.69, 9.17) is 0 Å². The third kappa shape index (κ3) is 1.94. The van der Waals surface area contributed by atoms with Gasteiger partial charge in [0.2, 0.25) is 0 Å². The van der Waals surface area contributed by atoms with E-state index in [1.807, 2.05) is 46.9 Å². The van der Waals surface area contributed by atoms with Gasteiger partial charge in [0, 0.05) is 5.39 Å². The van der Waals surface area contributed by atoms with Gasteiger partial charge >= 0.3 is 5.97 Å². The van der Waals surface area contributed by atoms with Crippen LogP contribution in [0, 0.1) is 3.70 Å². The van der Waals surface area contributed by atoms with Crippen LogP contribution in [0.2, 0.25) is 0 Å². The molecule has 0 N–H and O–H groups in total. The summed E-state index contributed by atoms with van der Waals surface area (Å²) >= 11 is 2.04. The minimum atomic E-state index is -0.349. The maximum absolute atomic E-state index is 11.4. The summed E-state index contributed by atoms with van der Waals surface area (Å²) in [7, 11) is 1.37. The largest absolute Gasteiger partial charge is 0.465 e. The Morgan fingerprint density at radius 1 is 1.40 bits per heavy atom. The zero-order valence-electron chi connectivity index (χ0n) is 8.03. The van der Waals surface area contributed by atoms with Crippen molar-refractivity contribution in [3.8, 4) is 0 Å². The predicted octanol–water partition coefficient (Wildman–Crippen LogP) is 2.63. The maximum Gasteiger partial charge on any atom is 0.340 e. The molecule has 0 amide bonds. The van der Waals surface area contributed by atoms with Crippen molar-refractivity contribution < 1.29 is 9.53 Å². The Morgan fingerprint density at radius 2 is 2.13 bits per heavy atom. The number of nitrogens with zero attached hydrogens (tertiary/aromatic N) is 1. The molecule has 4 heteroatoms. The fourth-order valence-corrected chi connectivity index (χ4v) is 1.98. The quantitative estimate of drug-likeness (QED) is 0.461. The number of aromatic nitrogens is 1. The first kappa shape index (κ1) is 10.4. The van der Waals surface area contributed by atoms with Gasteiger partial charge in [-0.1, -0.05) is 18.2 Å². The van der Waals surface area contributed by atoms with Crippen molar-refractivity contribution in [2.24, 2.45) is 0 Å². The molecular weight excluding hydrogens is 305 g/mol. The fourth-order valence-electron chi connectivity index (χ4n) is 1.35. The molecule has 1 aromatic carbocycles. The van der Waals surface area contributed by atoms with Crippen molar-refractivity contribution in [3.63, 3.8) is 0 Å². The third-order valence-electron chi connectivity index (χ3n) is 2.08. The van der Waals surface area contributed by atoms with Crippen molar-refractivity contribution in [2.75, 3.05) is 7.11 Å². The fraction of sp³-hybridized carbons (Fsp3) is 0.0909. The summed E-state index contributed by atoms with van der Waals surface area (Å²) in [6, 6.07) is 9.47. The first-order valence-electron chi connectivity index (χ1n) is 4.36. The van der Waals surface area contributed by atoms with E-state index in [1.54, 1.807) is 6.07 Å². The van der Waals surface area contributed by atoms with Crippen LogP contribution in [0.1, 0.15) is 10.4 Å². The van der Waals surface area contributed by atoms with E-state index in [2.05, 4.69) is 9.72 Å². The molecule has 0 aliphatic heterocycles. The molecule has 0 spiro atoms. The van der Waals surface area contributed by atoms with Gasteiger partial charge < -0.3 is 4.74 Å². The molecule has 0 saturated heterocycles. The molecule has 1 aromatic heterocycles. The van der Waals surface area contributed by atoms with Crippen LogP contribution < -0.4 is 0 Å². The molecule has 2 aromatic rings. The molecule has 15 heavy (non-hydrogen) atoms. The molecule has 0 bridgehead atoms. The normalized spacial score (nSPS) is 10.3. The molecule has 0 unspecified atom stereocenters. The maximum atomic E-state index is 11.4. The third-order valence-corrected chi connectivity index (χ3v) is 2.91. The Kier molecular flexibility index (Phi) is 2.86. The second-order valence-corrected chi connectivity index (χ2v) is 4.03. The van der Waals surface area contributed by atoms with Crippen LogP contribution in [0.4, 0.5) is 0 Å². The van der Waals surface area contributed by atoms with Crippen molar-refractivity contribution in [1.29, 1.82) is 0 Å². The number of halogens is 1. The van der Waals surface area contributed by atoms with E-state index in [0.29, 0.717) is 9.26 Å². The van der Waals surface area contributed by atoms with E-state index in [1.165, 1.54) is 7.11 Å². The standard InChI is InChI=1S/C11H8INO2/c1-15-11(14)8-6-7-4-2-3-5-9(7)13-10(8)12/h2-6H,1H3. The van der Waals surface area contributed by atoms with Crippen LogP contribution in [0.15, 0.2) is 30.3 Å². The topological polar surface area (TPSA) is 39.2 Å². The van der Waals surface area contributed by atoms with Crippen LogP contribution in [0.25, 0.3) is 10.9 Å². The number of hydrogen-bond acceptors (Lipinski definition) is 3. The molecule has 0 aliphatic carbocycles. The number of methoxy groups -OCH3 is 1. The molecule has 0 radical (unpaired) electrons. The molecular formula is C11H8INO2. The van der Waals surface area contributed by atoms with E-state index < -0.39 is 0 Å². The molecule has 0 aliphatic rings. The lowest BCUT2D eigenvalue weighted by Crippen LogP contribution is -2.05. The van der Waals surface area contributed by atoms with Gasteiger partial charge in [0.05, 0.1) is 18.2 Å². The van der Waals surface area contributed by atoms with Gasteiger partial charge in [-0.3, -0.25) is 0 Å². The number of hydrogen-bond donors (Lipinski definition) is 0. The molecule has 0 atom stereocenters. The van der Waals surface area contributed by atoms with Gasteiger partial charge in [-0.2, -0.15) is 0 Å². The summed E-state index contributed by atoms with van der Waals surface area (Å²) in [5.74, 6) is -0.349. The van der Waals surface area contributed by atoms with Gasteiger partial charge in [-0.15, -0.1) is 0 Å². The summed E-state index contributed by atoms with van der Waals surface area (Å²) < 4.78 is 5.35. The second kappa shape index (κ2) is 4.14. The van der Waals surface area contributed by atoms with E-state index in [0.717, 1.165) is 10.9 Å². The minimum Gasteiger partial charge on any atom is -0.465 e. The number of fused-ring (bicyclic) bond motifs is 1. The van der Waals surface area contributed by atoms with Gasteiger partial charge in [0.25, 0.3) is 0 Å². The lowest BCUT2D eigenvalue weighted by atomic mass is 10.2. The molecule has 0 fully saturated rings. The highest BCUT2D eigenvalue weighted by atomic mass is 127. The van der Waals surface area contributed by atoms with Crippen LogP contribution in [0.3, 0.4) is 0 Å². The Morgan fingerprint density at radius 3 is 2.87 bits per heavy atom. The Bertz CT molecular complexity index is 525. The highest BCUT2D eigenvalue weighted by Crippen LogP contribution is 2.18. The van der Waals surface area contributed by atoms with Crippen molar-refractivity contribution in [3.05, 3.63) is 39.6 Å². The smallest absolute Gasteiger partial charge is 0.340 e. The Hall–Kier alpha value is -1.17. The average Bonchev–Trinajstić information content (AvgIpc) is 2.27. The summed E-state index contributed by atoms with van der Waals surface area (Å²) in [6.45, 7) is 0. The van der Waals surface area contributed by atoms with Gasteiger partial charge in [0.1, 0.15) is 3.70 Å². The highest BCUT2D eigenvalue weighted by Gasteiger charge is 2.12. The highest BCUT2D eigenvalue weighted by molar-refractivity contribution is 14.1. The summed E-state index contributed by atoms with van der Waals surface area (Å²) in [4.78, 5) is 15.7. The zero-order chi connectivity index (χ0) is 10.8. The van der Waals surface area contributed by atoms with Gasteiger partial charge in [0.15, 0.2) is 0 Å². The second-order valence-electron chi connectivity index (χ2n) is 3.01. The molecule has 2 rings (SSSR count). The summed E-state index contributed by atoms with van der Waals surface area (Å²) in [5, 5.41) is 0.943. The number of carbonyl (C=O) groups is 1. The number of para-hydroxylation sites is 1. The Balaban J connectivity index is 2.67. The van der Waals surface area contributed by atoms with Crippen molar-refractivity contribution in [1.82, 2.24) is 4.98 Å². The number of ether oxygens (including phenoxy) is 1. The van der Waals surface area contributed by atoms with Crippen molar-refractivity contribution >= 4 is 39.5 Å². The first-order chi connectivity index (χ1) is 7.22. The lowest BCUT2D eigenvalue weighted by Gasteiger charge is -2.03. The van der Waals surface area contributed by atoms with E-state index in [9.17, 15) is 4.79 Å². The van der Waals surface area contributed by atoms with Crippen LogP contribution in [0.5, 0.6) is 0 Å². The minimum absolute atomic E-state index is 0.349. The summed E-state index contributed by atoms with van der Waals surface area (Å²) in [5.41, 5.74) is 1.39. The zero-order valence-corrected chi connectivity index (χ0v) is 10.2. The lowest BCUT2D eigenvalue weighted by molar-refractivity contribution is 0.0599. The molecule has 0 saturated carbocycles. The monoisotopic (exact) mass is 313 g/mol. The number of benzene rings is 1. The molecule has 3 nitrogen and oxygen atoms in total. The number of carbonyl (C=O) groups excluding carboxylic acids is 1. The first-order valence-corrected chi connectivity index (χ1v) is 5.44. The van der Waals surface area contributed by atoms with E-state index in [-0.39, 0.29) is 5.97 Å². The van der Waals surface area contributed by atoms with Crippen molar-refractivity contribution in [2.45, 2.75) is 0 Å². The summed E-state index contributed by atoms with van der Waals surface area (Å²) in [6.07, 6.45) is 0. The van der Waals surface area contributed by atoms with Gasteiger partial charge in [-0.05, 0) is 34.7 Å². The SMILES string of the molecule is COC(=O)c1cc2ccccc2nc1I. The number of pyridine rings is 1. The number of esters is 1. The van der Waals surface area contributed by atoms with E-state index >= 15 is 0 Å². The van der Waals surface area contributed by atoms with Crippen LogP contribution in [-0.4, -0.2) is 18.1 Å². The predicted molar refractivity (Wildman–Crippen MR) is 65.8 cm³/mol. The molecule has 76 valence electrons. The average molecular weight is 313 g/mol.